The Bertz CT molecular complexity index is 417. The SMILES string of the molecule is C=CC1CC(=O)N(c2ccnc(OC)c2)C1. The maximum absolute atomic E-state index is 11.8. The molecular formula is C12H14N2O2. The third-order valence-corrected chi connectivity index (χ3v) is 2.73. The molecule has 1 aliphatic heterocycles. The number of amides is 1. The lowest BCUT2D eigenvalue weighted by Gasteiger charge is -2.16. The molecule has 0 aromatic carbocycles. The van der Waals surface area contributed by atoms with Gasteiger partial charge in [0.15, 0.2) is 0 Å². The molecule has 0 N–H and O–H groups in total. The summed E-state index contributed by atoms with van der Waals surface area (Å²) in [4.78, 5) is 17.5. The zero-order valence-corrected chi connectivity index (χ0v) is 9.22. The lowest BCUT2D eigenvalue weighted by atomic mass is 10.1. The van der Waals surface area contributed by atoms with Crippen molar-refractivity contribution in [1.29, 1.82) is 0 Å². The van der Waals surface area contributed by atoms with E-state index in [1.807, 2.05) is 12.1 Å². The van der Waals surface area contributed by atoms with Gasteiger partial charge in [-0.05, 0) is 6.07 Å². The Hall–Kier alpha value is -1.84. The first-order chi connectivity index (χ1) is 7.74. The van der Waals surface area contributed by atoms with Gasteiger partial charge in [0, 0.05) is 31.1 Å². The van der Waals surface area contributed by atoms with Crippen LogP contribution in [0.15, 0.2) is 31.0 Å². The zero-order chi connectivity index (χ0) is 11.5. The van der Waals surface area contributed by atoms with Gasteiger partial charge in [0.25, 0.3) is 0 Å². The van der Waals surface area contributed by atoms with Crippen molar-refractivity contribution in [3.05, 3.63) is 31.0 Å². The van der Waals surface area contributed by atoms with Gasteiger partial charge in [0.2, 0.25) is 11.8 Å². The van der Waals surface area contributed by atoms with E-state index in [-0.39, 0.29) is 11.8 Å². The van der Waals surface area contributed by atoms with Crippen LogP contribution in [0.4, 0.5) is 5.69 Å². The summed E-state index contributed by atoms with van der Waals surface area (Å²) in [7, 11) is 1.56. The monoisotopic (exact) mass is 218 g/mol. The molecule has 0 bridgehead atoms. The van der Waals surface area contributed by atoms with Crippen LogP contribution in [0.25, 0.3) is 0 Å². The molecule has 16 heavy (non-hydrogen) atoms. The third kappa shape index (κ3) is 1.91. The first-order valence-corrected chi connectivity index (χ1v) is 5.17. The van der Waals surface area contributed by atoms with Crippen molar-refractivity contribution in [3.8, 4) is 5.88 Å². The van der Waals surface area contributed by atoms with Crippen LogP contribution in [0.5, 0.6) is 5.88 Å². The van der Waals surface area contributed by atoms with Gasteiger partial charge in [-0.15, -0.1) is 6.58 Å². The van der Waals surface area contributed by atoms with Crippen molar-refractivity contribution >= 4 is 11.6 Å². The molecule has 0 radical (unpaired) electrons. The van der Waals surface area contributed by atoms with Gasteiger partial charge >= 0.3 is 0 Å². The van der Waals surface area contributed by atoms with Crippen LogP contribution in [-0.2, 0) is 4.79 Å². The van der Waals surface area contributed by atoms with Crippen molar-refractivity contribution in [2.75, 3.05) is 18.6 Å². The number of pyridine rings is 1. The molecular weight excluding hydrogens is 204 g/mol. The van der Waals surface area contributed by atoms with Crippen LogP contribution in [0, 0.1) is 5.92 Å². The van der Waals surface area contributed by atoms with Crippen molar-refractivity contribution < 1.29 is 9.53 Å². The number of carbonyl (C=O) groups excluding carboxylic acids is 1. The summed E-state index contributed by atoms with van der Waals surface area (Å²) in [5, 5.41) is 0. The molecule has 0 aliphatic carbocycles. The summed E-state index contributed by atoms with van der Waals surface area (Å²) in [6.07, 6.45) is 4.01. The van der Waals surface area contributed by atoms with Crippen LogP contribution in [0.3, 0.4) is 0 Å². The summed E-state index contributed by atoms with van der Waals surface area (Å²) in [6.45, 7) is 4.41. The Morgan fingerprint density at radius 1 is 1.69 bits per heavy atom. The fourth-order valence-corrected chi connectivity index (χ4v) is 1.82. The predicted octanol–water partition coefficient (Wildman–Crippen LogP) is 1.63. The van der Waals surface area contributed by atoms with Crippen molar-refractivity contribution in [3.63, 3.8) is 0 Å². The van der Waals surface area contributed by atoms with E-state index in [9.17, 15) is 4.79 Å². The standard InChI is InChI=1S/C12H14N2O2/c1-3-9-6-12(15)14(8-9)10-4-5-13-11(7-10)16-2/h3-5,7,9H,1,6,8H2,2H3. The highest BCUT2D eigenvalue weighted by Crippen LogP contribution is 2.26. The Kier molecular flexibility index (Phi) is 2.90. The fourth-order valence-electron chi connectivity index (χ4n) is 1.82. The van der Waals surface area contributed by atoms with Crippen molar-refractivity contribution in [1.82, 2.24) is 4.98 Å². The topological polar surface area (TPSA) is 42.4 Å². The van der Waals surface area contributed by atoms with Gasteiger partial charge in [-0.1, -0.05) is 6.08 Å². The molecule has 1 fully saturated rings. The summed E-state index contributed by atoms with van der Waals surface area (Å²) >= 11 is 0. The van der Waals surface area contributed by atoms with Gasteiger partial charge in [0.05, 0.1) is 12.8 Å². The Morgan fingerprint density at radius 2 is 2.50 bits per heavy atom. The van der Waals surface area contributed by atoms with E-state index in [2.05, 4.69) is 11.6 Å². The number of anilines is 1. The number of carbonyl (C=O) groups is 1. The van der Waals surface area contributed by atoms with Crippen molar-refractivity contribution in [2.24, 2.45) is 5.92 Å². The van der Waals surface area contributed by atoms with Crippen LogP contribution in [-0.4, -0.2) is 24.5 Å². The third-order valence-electron chi connectivity index (χ3n) is 2.73. The highest BCUT2D eigenvalue weighted by molar-refractivity contribution is 5.96. The number of hydrogen-bond acceptors (Lipinski definition) is 3. The average Bonchev–Trinajstić information content (AvgIpc) is 2.71. The Balaban J connectivity index is 2.23. The number of nitrogens with zero attached hydrogens (tertiary/aromatic N) is 2. The highest BCUT2D eigenvalue weighted by Gasteiger charge is 2.28. The second kappa shape index (κ2) is 4.35. The van der Waals surface area contributed by atoms with Crippen LogP contribution < -0.4 is 9.64 Å². The predicted molar refractivity (Wildman–Crippen MR) is 61.4 cm³/mol. The number of ether oxygens (including phenoxy) is 1. The second-order valence-electron chi connectivity index (χ2n) is 3.76. The first kappa shape index (κ1) is 10.7. The average molecular weight is 218 g/mol. The molecule has 84 valence electrons. The van der Waals surface area contributed by atoms with Crippen LogP contribution in [0.1, 0.15) is 6.42 Å². The summed E-state index contributed by atoms with van der Waals surface area (Å²) in [5.41, 5.74) is 0.834. The van der Waals surface area contributed by atoms with E-state index in [1.54, 1.807) is 24.3 Å². The first-order valence-electron chi connectivity index (χ1n) is 5.17. The Morgan fingerprint density at radius 3 is 3.12 bits per heavy atom. The second-order valence-corrected chi connectivity index (χ2v) is 3.76. The van der Waals surface area contributed by atoms with E-state index < -0.39 is 0 Å². The largest absolute Gasteiger partial charge is 0.481 e. The normalized spacial score (nSPS) is 19.9. The number of hydrogen-bond donors (Lipinski definition) is 0. The molecule has 1 saturated heterocycles. The summed E-state index contributed by atoms with van der Waals surface area (Å²) < 4.78 is 5.03. The molecule has 0 saturated carbocycles. The smallest absolute Gasteiger partial charge is 0.227 e. The highest BCUT2D eigenvalue weighted by atomic mass is 16.5. The van der Waals surface area contributed by atoms with Crippen LogP contribution in [0.2, 0.25) is 0 Å². The quantitative estimate of drug-likeness (QED) is 0.724. The van der Waals surface area contributed by atoms with Gasteiger partial charge in [-0.3, -0.25) is 4.79 Å². The molecule has 1 aromatic heterocycles. The van der Waals surface area contributed by atoms with E-state index >= 15 is 0 Å². The lowest BCUT2D eigenvalue weighted by Crippen LogP contribution is -2.24. The minimum Gasteiger partial charge on any atom is -0.481 e. The summed E-state index contributed by atoms with van der Waals surface area (Å²) in [6, 6.07) is 3.58. The minimum absolute atomic E-state index is 0.123. The minimum atomic E-state index is 0.123. The van der Waals surface area contributed by atoms with E-state index in [0.29, 0.717) is 18.8 Å². The fraction of sp³-hybridized carbons (Fsp3) is 0.333. The molecule has 1 unspecified atom stereocenters. The number of rotatable bonds is 3. The molecule has 1 amide bonds. The van der Waals surface area contributed by atoms with Crippen molar-refractivity contribution in [2.45, 2.75) is 6.42 Å². The van der Waals surface area contributed by atoms with Gasteiger partial charge in [0.1, 0.15) is 0 Å². The Labute approximate surface area is 94.5 Å². The van der Waals surface area contributed by atoms with E-state index in [1.165, 1.54) is 0 Å². The molecule has 4 heteroatoms. The van der Waals surface area contributed by atoms with Crippen LogP contribution >= 0.6 is 0 Å². The summed E-state index contributed by atoms with van der Waals surface area (Å²) in [5.74, 6) is 0.886. The molecule has 1 aliphatic rings. The number of aromatic nitrogens is 1. The zero-order valence-electron chi connectivity index (χ0n) is 9.22. The molecule has 1 aromatic rings. The molecule has 4 nitrogen and oxygen atoms in total. The maximum atomic E-state index is 11.8. The van der Waals surface area contributed by atoms with E-state index in [4.69, 9.17) is 4.74 Å². The number of methoxy groups -OCH3 is 1. The molecule has 0 spiro atoms. The molecule has 2 rings (SSSR count). The lowest BCUT2D eigenvalue weighted by molar-refractivity contribution is -0.117. The van der Waals surface area contributed by atoms with E-state index in [0.717, 1.165) is 5.69 Å². The van der Waals surface area contributed by atoms with Gasteiger partial charge in [-0.25, -0.2) is 4.98 Å². The van der Waals surface area contributed by atoms with Gasteiger partial charge < -0.3 is 9.64 Å². The van der Waals surface area contributed by atoms with Gasteiger partial charge in [-0.2, -0.15) is 0 Å². The molecule has 2 heterocycles. The maximum Gasteiger partial charge on any atom is 0.227 e. The molecule has 1 atom stereocenters.